The summed E-state index contributed by atoms with van der Waals surface area (Å²) in [4.78, 5) is 16.3. The van der Waals surface area contributed by atoms with Crippen molar-refractivity contribution < 1.29 is 4.79 Å². The van der Waals surface area contributed by atoms with Crippen LogP contribution in [0.25, 0.3) is 0 Å². The van der Waals surface area contributed by atoms with E-state index >= 15 is 0 Å². The first-order valence-corrected chi connectivity index (χ1v) is 7.90. The molecular weight excluding hydrogens is 286 g/mol. The molecule has 0 spiro atoms. The van der Waals surface area contributed by atoms with Gasteiger partial charge < -0.3 is 10.2 Å². The first kappa shape index (κ1) is 16.3. The van der Waals surface area contributed by atoms with Crippen molar-refractivity contribution in [2.75, 3.05) is 39.8 Å². The lowest BCUT2D eigenvalue weighted by molar-refractivity contribution is -0.132. The van der Waals surface area contributed by atoms with Crippen LogP contribution in [0.15, 0.2) is 24.3 Å². The van der Waals surface area contributed by atoms with Gasteiger partial charge in [-0.15, -0.1) is 0 Å². The van der Waals surface area contributed by atoms with Crippen molar-refractivity contribution in [3.63, 3.8) is 0 Å². The third-order valence-corrected chi connectivity index (χ3v) is 4.41. The number of hydrogen-bond acceptors (Lipinski definition) is 3. The maximum atomic E-state index is 12.2. The lowest BCUT2D eigenvalue weighted by atomic mass is 10.1. The summed E-state index contributed by atoms with van der Waals surface area (Å²) in [6.07, 6.45) is 0.578. The summed E-state index contributed by atoms with van der Waals surface area (Å²) < 4.78 is 0. The van der Waals surface area contributed by atoms with E-state index in [2.05, 4.69) is 24.2 Å². The molecule has 1 aromatic rings. The lowest BCUT2D eigenvalue weighted by Crippen LogP contribution is -2.47. The summed E-state index contributed by atoms with van der Waals surface area (Å²) >= 11 is 5.92. The Hall–Kier alpha value is -1.10. The molecule has 1 aliphatic rings. The van der Waals surface area contributed by atoms with Gasteiger partial charge >= 0.3 is 0 Å². The molecule has 1 aromatic carbocycles. The SMILES string of the molecule is CC(c1ccc(Cl)cc1)N(C)CCC(=O)N1CCNCC1. The van der Waals surface area contributed by atoms with Crippen LogP contribution < -0.4 is 5.32 Å². The van der Waals surface area contributed by atoms with Crippen molar-refractivity contribution >= 4 is 17.5 Å². The number of nitrogens with one attached hydrogen (secondary N) is 1. The molecule has 1 heterocycles. The molecule has 1 fully saturated rings. The number of piperazine rings is 1. The summed E-state index contributed by atoms with van der Waals surface area (Å²) in [5.41, 5.74) is 1.22. The van der Waals surface area contributed by atoms with Gasteiger partial charge in [-0.05, 0) is 31.7 Å². The maximum Gasteiger partial charge on any atom is 0.223 e. The van der Waals surface area contributed by atoms with Gasteiger partial charge in [0.1, 0.15) is 0 Å². The van der Waals surface area contributed by atoms with Gasteiger partial charge in [-0.25, -0.2) is 0 Å². The topological polar surface area (TPSA) is 35.6 Å². The van der Waals surface area contributed by atoms with E-state index in [0.29, 0.717) is 6.42 Å². The summed E-state index contributed by atoms with van der Waals surface area (Å²) in [5.74, 6) is 0.256. The molecule has 0 saturated carbocycles. The Bertz CT molecular complexity index is 457. The molecule has 1 aliphatic heterocycles. The number of amides is 1. The number of benzene rings is 1. The molecule has 0 aromatic heterocycles. The Morgan fingerprint density at radius 3 is 2.57 bits per heavy atom. The Kier molecular flexibility index (Phi) is 6.03. The van der Waals surface area contributed by atoms with E-state index in [0.717, 1.165) is 37.7 Å². The molecule has 1 amide bonds. The first-order chi connectivity index (χ1) is 10.1. The van der Waals surface area contributed by atoms with E-state index < -0.39 is 0 Å². The molecule has 0 aliphatic carbocycles. The highest BCUT2D eigenvalue weighted by molar-refractivity contribution is 6.30. The van der Waals surface area contributed by atoms with Gasteiger partial charge in [0, 0.05) is 50.2 Å². The molecule has 4 nitrogen and oxygen atoms in total. The Labute approximate surface area is 132 Å². The normalized spacial score (nSPS) is 17.0. The van der Waals surface area contributed by atoms with Crippen LogP contribution in [0, 0.1) is 0 Å². The molecule has 1 saturated heterocycles. The summed E-state index contributed by atoms with van der Waals surface area (Å²) in [5, 5.41) is 4.02. The number of nitrogens with zero attached hydrogens (tertiary/aromatic N) is 2. The highest BCUT2D eigenvalue weighted by Gasteiger charge is 2.18. The number of rotatable bonds is 5. The van der Waals surface area contributed by atoms with Crippen LogP contribution in [0.4, 0.5) is 0 Å². The van der Waals surface area contributed by atoms with Crippen molar-refractivity contribution in [2.45, 2.75) is 19.4 Å². The molecule has 116 valence electrons. The maximum absolute atomic E-state index is 12.2. The highest BCUT2D eigenvalue weighted by Crippen LogP contribution is 2.20. The number of halogens is 1. The van der Waals surface area contributed by atoms with E-state index in [1.807, 2.05) is 29.2 Å². The highest BCUT2D eigenvalue weighted by atomic mass is 35.5. The summed E-state index contributed by atoms with van der Waals surface area (Å²) in [6, 6.07) is 8.18. The number of hydrogen-bond donors (Lipinski definition) is 1. The van der Waals surface area contributed by atoms with Crippen molar-refractivity contribution in [2.24, 2.45) is 0 Å². The van der Waals surface area contributed by atoms with Crippen LogP contribution in [-0.2, 0) is 4.79 Å². The molecular formula is C16H24ClN3O. The number of carbonyl (C=O) groups excluding carboxylic acids is 1. The molecule has 2 rings (SSSR count). The predicted octanol–water partition coefficient (Wildman–Crippen LogP) is 2.15. The zero-order valence-electron chi connectivity index (χ0n) is 12.8. The third-order valence-electron chi connectivity index (χ3n) is 4.16. The van der Waals surface area contributed by atoms with Crippen LogP contribution in [0.2, 0.25) is 5.02 Å². The van der Waals surface area contributed by atoms with Gasteiger partial charge in [0.2, 0.25) is 5.91 Å². The van der Waals surface area contributed by atoms with E-state index in [-0.39, 0.29) is 11.9 Å². The standard InChI is InChI=1S/C16H24ClN3O/c1-13(14-3-5-15(17)6-4-14)19(2)10-7-16(21)20-11-8-18-9-12-20/h3-6,13,18H,7-12H2,1-2H3. The smallest absolute Gasteiger partial charge is 0.223 e. The van der Waals surface area contributed by atoms with Crippen LogP contribution in [0.1, 0.15) is 24.9 Å². The Morgan fingerprint density at radius 1 is 1.33 bits per heavy atom. The quantitative estimate of drug-likeness (QED) is 0.905. The van der Waals surface area contributed by atoms with Crippen molar-refractivity contribution in [1.82, 2.24) is 15.1 Å². The monoisotopic (exact) mass is 309 g/mol. The minimum atomic E-state index is 0.256. The lowest BCUT2D eigenvalue weighted by Gasteiger charge is -2.29. The molecule has 21 heavy (non-hydrogen) atoms. The molecule has 5 heteroatoms. The molecule has 1 N–H and O–H groups in total. The molecule has 1 atom stereocenters. The number of carbonyl (C=O) groups is 1. The average Bonchev–Trinajstić information content (AvgIpc) is 2.53. The second-order valence-corrected chi connectivity index (χ2v) is 6.03. The van der Waals surface area contributed by atoms with E-state index in [9.17, 15) is 4.79 Å². The fraction of sp³-hybridized carbons (Fsp3) is 0.562. The third kappa shape index (κ3) is 4.70. The minimum absolute atomic E-state index is 0.256. The summed E-state index contributed by atoms with van der Waals surface area (Å²) in [7, 11) is 2.06. The van der Waals surface area contributed by atoms with E-state index in [4.69, 9.17) is 11.6 Å². The van der Waals surface area contributed by atoms with Crippen LogP contribution in [-0.4, -0.2) is 55.5 Å². The predicted molar refractivity (Wildman–Crippen MR) is 86.6 cm³/mol. The molecule has 0 radical (unpaired) electrons. The van der Waals surface area contributed by atoms with Gasteiger partial charge in [-0.3, -0.25) is 9.69 Å². The van der Waals surface area contributed by atoms with Crippen LogP contribution in [0.5, 0.6) is 0 Å². The van der Waals surface area contributed by atoms with Gasteiger partial charge in [0.25, 0.3) is 0 Å². The summed E-state index contributed by atoms with van der Waals surface area (Å²) in [6.45, 7) is 6.39. The Balaban J connectivity index is 1.81. The Morgan fingerprint density at radius 2 is 1.95 bits per heavy atom. The molecule has 1 unspecified atom stereocenters. The van der Waals surface area contributed by atoms with Crippen molar-refractivity contribution in [1.29, 1.82) is 0 Å². The second-order valence-electron chi connectivity index (χ2n) is 5.59. The average molecular weight is 310 g/mol. The fourth-order valence-electron chi connectivity index (χ4n) is 2.53. The van der Waals surface area contributed by atoms with Gasteiger partial charge in [-0.2, -0.15) is 0 Å². The first-order valence-electron chi connectivity index (χ1n) is 7.52. The van der Waals surface area contributed by atoms with Gasteiger partial charge in [0.05, 0.1) is 0 Å². The largest absolute Gasteiger partial charge is 0.340 e. The van der Waals surface area contributed by atoms with Crippen LogP contribution >= 0.6 is 11.6 Å². The van der Waals surface area contributed by atoms with Gasteiger partial charge in [0.15, 0.2) is 0 Å². The van der Waals surface area contributed by atoms with Crippen molar-refractivity contribution in [3.05, 3.63) is 34.9 Å². The van der Waals surface area contributed by atoms with E-state index in [1.54, 1.807) is 0 Å². The zero-order chi connectivity index (χ0) is 15.2. The molecule has 0 bridgehead atoms. The zero-order valence-corrected chi connectivity index (χ0v) is 13.6. The van der Waals surface area contributed by atoms with Crippen molar-refractivity contribution in [3.8, 4) is 0 Å². The second kappa shape index (κ2) is 7.78. The van der Waals surface area contributed by atoms with Gasteiger partial charge in [-0.1, -0.05) is 23.7 Å². The minimum Gasteiger partial charge on any atom is -0.340 e. The fourth-order valence-corrected chi connectivity index (χ4v) is 2.66. The van der Waals surface area contributed by atoms with E-state index in [1.165, 1.54) is 5.56 Å². The van der Waals surface area contributed by atoms with Crippen LogP contribution in [0.3, 0.4) is 0 Å².